The molecule has 0 bridgehead atoms. The number of nitrogens with one attached hydrogen (secondary N) is 2. The maximum atomic E-state index is 12.2. The fourth-order valence-corrected chi connectivity index (χ4v) is 2.33. The first-order valence-electron chi connectivity index (χ1n) is 7.71. The molecule has 2 aromatic rings. The Bertz CT molecular complexity index is 689. The van der Waals surface area contributed by atoms with Gasteiger partial charge in [-0.2, -0.15) is 18.2 Å². The molecule has 1 aromatic carbocycles. The zero-order valence-corrected chi connectivity index (χ0v) is 13.2. The largest absolute Gasteiger partial charge is 0.468 e. The Morgan fingerprint density at radius 2 is 2.04 bits per heavy atom. The highest BCUT2D eigenvalue weighted by Crippen LogP contribution is 2.22. The average molecular weight is 354 g/mol. The lowest BCUT2D eigenvalue weighted by Crippen LogP contribution is -2.33. The number of hydrogen-bond acceptors (Lipinski definition) is 6. The average Bonchev–Trinajstić information content (AvgIpc) is 2.61. The fraction of sp³-hybridized carbons (Fsp3) is 0.375. The third-order valence-electron chi connectivity index (χ3n) is 3.48. The smallest absolute Gasteiger partial charge is 0.422 e. The van der Waals surface area contributed by atoms with Crippen LogP contribution < -0.4 is 15.4 Å². The first kappa shape index (κ1) is 17.4. The van der Waals surface area contributed by atoms with Gasteiger partial charge in [0, 0.05) is 31.0 Å². The van der Waals surface area contributed by atoms with Crippen LogP contribution in [0.25, 0.3) is 0 Å². The molecule has 3 rings (SSSR count). The van der Waals surface area contributed by atoms with Gasteiger partial charge in [0.2, 0.25) is 11.8 Å². The maximum absolute atomic E-state index is 12.2. The topological polar surface area (TPSA) is 68.3 Å². The molecule has 6 nitrogen and oxygen atoms in total. The minimum atomic E-state index is -4.41. The van der Waals surface area contributed by atoms with Gasteiger partial charge in [-0.05, 0) is 17.7 Å². The van der Waals surface area contributed by atoms with E-state index < -0.39 is 12.8 Å². The van der Waals surface area contributed by atoms with Crippen LogP contribution in [0.15, 0.2) is 36.5 Å². The summed E-state index contributed by atoms with van der Waals surface area (Å²) in [5.41, 5.74) is 1.75. The minimum Gasteiger partial charge on any atom is -0.468 e. The lowest BCUT2D eigenvalue weighted by Gasteiger charge is -2.24. The Morgan fingerprint density at radius 3 is 2.72 bits per heavy atom. The number of aromatic nitrogens is 2. The van der Waals surface area contributed by atoms with Crippen molar-refractivity contribution in [2.24, 2.45) is 0 Å². The summed E-state index contributed by atoms with van der Waals surface area (Å²) in [5.74, 6) is 0.0103. The van der Waals surface area contributed by atoms with E-state index in [1.807, 2.05) is 24.3 Å². The second-order valence-corrected chi connectivity index (χ2v) is 5.43. The van der Waals surface area contributed by atoms with Crippen molar-refractivity contribution in [3.63, 3.8) is 0 Å². The highest BCUT2D eigenvalue weighted by molar-refractivity contribution is 5.54. The van der Waals surface area contributed by atoms with E-state index in [1.165, 1.54) is 12.3 Å². The maximum Gasteiger partial charge on any atom is 0.422 e. The van der Waals surface area contributed by atoms with Crippen LogP contribution in [-0.2, 0) is 4.74 Å². The molecule has 0 spiro atoms. The molecular formula is C16H17F3N4O2. The Hall–Kier alpha value is -2.39. The number of morpholine rings is 1. The Balaban J connectivity index is 1.62. The summed E-state index contributed by atoms with van der Waals surface area (Å²) >= 11 is 0. The SMILES string of the molecule is FC(F)(F)COc1ccnc(Nc2ccc([C@H]3CNCCO3)cc2)n1. The van der Waals surface area contributed by atoms with E-state index in [0.29, 0.717) is 12.3 Å². The number of halogens is 3. The number of hydrogen-bond donors (Lipinski definition) is 2. The molecular weight excluding hydrogens is 337 g/mol. The highest BCUT2D eigenvalue weighted by Gasteiger charge is 2.28. The summed E-state index contributed by atoms with van der Waals surface area (Å²) in [5, 5.41) is 6.19. The quantitative estimate of drug-likeness (QED) is 0.861. The van der Waals surface area contributed by atoms with Crippen molar-refractivity contribution in [1.29, 1.82) is 0 Å². The normalized spacial score (nSPS) is 18.0. The van der Waals surface area contributed by atoms with Crippen molar-refractivity contribution in [1.82, 2.24) is 15.3 Å². The molecule has 0 amide bonds. The van der Waals surface area contributed by atoms with Gasteiger partial charge in [-0.25, -0.2) is 4.98 Å². The minimum absolute atomic E-state index is 0.0122. The van der Waals surface area contributed by atoms with E-state index in [4.69, 9.17) is 4.74 Å². The zero-order chi connectivity index (χ0) is 17.7. The van der Waals surface area contributed by atoms with Gasteiger partial charge in [0.25, 0.3) is 0 Å². The van der Waals surface area contributed by atoms with Crippen molar-refractivity contribution in [2.75, 3.05) is 31.6 Å². The second-order valence-electron chi connectivity index (χ2n) is 5.43. The third kappa shape index (κ3) is 5.30. The van der Waals surface area contributed by atoms with Crippen LogP contribution in [0.3, 0.4) is 0 Å². The molecule has 0 unspecified atom stereocenters. The summed E-state index contributed by atoms with van der Waals surface area (Å²) in [6, 6.07) is 8.78. The van der Waals surface area contributed by atoms with Gasteiger partial charge in [0.05, 0.1) is 12.7 Å². The second kappa shape index (κ2) is 7.66. The van der Waals surface area contributed by atoms with E-state index in [0.717, 1.165) is 18.7 Å². The molecule has 1 atom stereocenters. The predicted molar refractivity (Wildman–Crippen MR) is 84.9 cm³/mol. The van der Waals surface area contributed by atoms with Crippen molar-refractivity contribution in [3.05, 3.63) is 42.1 Å². The Morgan fingerprint density at radius 1 is 1.24 bits per heavy atom. The van der Waals surface area contributed by atoms with Crippen molar-refractivity contribution in [3.8, 4) is 5.88 Å². The van der Waals surface area contributed by atoms with Gasteiger partial charge in [-0.15, -0.1) is 0 Å². The van der Waals surface area contributed by atoms with Gasteiger partial charge in [0.15, 0.2) is 6.61 Å². The lowest BCUT2D eigenvalue weighted by molar-refractivity contribution is -0.154. The van der Waals surface area contributed by atoms with E-state index in [-0.39, 0.29) is 17.9 Å². The van der Waals surface area contributed by atoms with Crippen LogP contribution in [-0.4, -0.2) is 42.4 Å². The van der Waals surface area contributed by atoms with Gasteiger partial charge in [-0.1, -0.05) is 12.1 Å². The summed E-state index contributed by atoms with van der Waals surface area (Å²) in [7, 11) is 0. The molecule has 0 radical (unpaired) electrons. The molecule has 2 heterocycles. The standard InChI is InChI=1S/C16H17F3N4O2/c17-16(18,19)10-25-14-5-6-21-15(23-14)22-12-3-1-11(2-4-12)13-9-20-7-8-24-13/h1-6,13,20H,7-10H2,(H,21,22,23)/t13-/m1/s1. The summed E-state index contributed by atoms with van der Waals surface area (Å²) in [4.78, 5) is 7.88. The van der Waals surface area contributed by atoms with E-state index in [9.17, 15) is 13.2 Å². The molecule has 0 aliphatic carbocycles. The molecule has 1 saturated heterocycles. The molecule has 25 heavy (non-hydrogen) atoms. The number of rotatable bonds is 5. The summed E-state index contributed by atoms with van der Waals surface area (Å²) in [6.45, 7) is 0.880. The summed E-state index contributed by atoms with van der Waals surface area (Å²) < 4.78 is 46.8. The first-order chi connectivity index (χ1) is 12.0. The summed E-state index contributed by atoms with van der Waals surface area (Å²) in [6.07, 6.45) is -3.07. The van der Waals surface area contributed by atoms with E-state index in [1.54, 1.807) is 0 Å². The van der Waals surface area contributed by atoms with Crippen LogP contribution in [0, 0.1) is 0 Å². The van der Waals surface area contributed by atoms with Crippen LogP contribution in [0.1, 0.15) is 11.7 Å². The van der Waals surface area contributed by atoms with E-state index in [2.05, 4.69) is 25.3 Å². The molecule has 1 fully saturated rings. The van der Waals surface area contributed by atoms with Crippen LogP contribution in [0.5, 0.6) is 5.88 Å². The zero-order valence-electron chi connectivity index (χ0n) is 13.2. The Kier molecular flexibility index (Phi) is 5.34. The van der Waals surface area contributed by atoms with Crippen molar-refractivity contribution < 1.29 is 22.6 Å². The number of ether oxygens (including phenoxy) is 2. The van der Waals surface area contributed by atoms with Crippen molar-refractivity contribution >= 4 is 11.6 Å². The fourth-order valence-electron chi connectivity index (χ4n) is 2.33. The number of benzene rings is 1. The van der Waals surface area contributed by atoms with Crippen LogP contribution in [0.2, 0.25) is 0 Å². The molecule has 134 valence electrons. The van der Waals surface area contributed by atoms with E-state index >= 15 is 0 Å². The van der Waals surface area contributed by atoms with Crippen LogP contribution >= 0.6 is 0 Å². The van der Waals surface area contributed by atoms with Gasteiger partial charge in [0.1, 0.15) is 0 Å². The molecule has 1 aliphatic rings. The molecule has 1 aromatic heterocycles. The lowest BCUT2D eigenvalue weighted by atomic mass is 10.1. The van der Waals surface area contributed by atoms with Crippen LogP contribution in [0.4, 0.5) is 24.8 Å². The molecule has 2 N–H and O–H groups in total. The predicted octanol–water partition coefficient (Wildman–Crippen LogP) is 2.82. The third-order valence-corrected chi connectivity index (χ3v) is 3.48. The van der Waals surface area contributed by atoms with Gasteiger partial charge < -0.3 is 20.1 Å². The Labute approximate surface area is 142 Å². The molecule has 1 aliphatic heterocycles. The number of anilines is 2. The molecule has 9 heteroatoms. The highest BCUT2D eigenvalue weighted by atomic mass is 19.4. The monoisotopic (exact) mass is 354 g/mol. The molecule has 0 saturated carbocycles. The first-order valence-corrected chi connectivity index (χ1v) is 7.71. The van der Waals surface area contributed by atoms with Gasteiger partial charge >= 0.3 is 6.18 Å². The number of alkyl halides is 3. The number of nitrogens with zero attached hydrogens (tertiary/aromatic N) is 2. The van der Waals surface area contributed by atoms with Crippen molar-refractivity contribution in [2.45, 2.75) is 12.3 Å². The van der Waals surface area contributed by atoms with Gasteiger partial charge in [-0.3, -0.25) is 0 Å².